The minimum absolute atomic E-state index is 0.504. The number of hydrogen-bond donors (Lipinski definition) is 0. The average molecular weight is 383 g/mol. The molecule has 106 valence electrons. The van der Waals surface area contributed by atoms with Crippen molar-refractivity contribution in [2.45, 2.75) is 6.92 Å². The fraction of sp³-hybridized carbons (Fsp3) is 0.0667. The van der Waals surface area contributed by atoms with Crippen LogP contribution in [0.5, 0.6) is 0 Å². The Kier molecular flexibility index (Phi) is 4.02. The highest BCUT2D eigenvalue weighted by Crippen LogP contribution is 2.28. The van der Waals surface area contributed by atoms with E-state index in [1.807, 2.05) is 47.9 Å². The van der Waals surface area contributed by atoms with Gasteiger partial charge < -0.3 is 0 Å². The SMILES string of the molecule is Cc1nnc(-c2ccc(Br)cc2)n1-c1ccc(Cl)c(Cl)c1. The molecule has 0 aliphatic rings. The van der Waals surface area contributed by atoms with E-state index in [1.54, 1.807) is 6.07 Å². The van der Waals surface area contributed by atoms with Crippen LogP contribution in [0.25, 0.3) is 17.1 Å². The molecular weight excluding hydrogens is 373 g/mol. The first-order chi connectivity index (χ1) is 10.1. The van der Waals surface area contributed by atoms with Crippen LogP contribution in [0.2, 0.25) is 10.0 Å². The van der Waals surface area contributed by atoms with Gasteiger partial charge in [0, 0.05) is 10.0 Å². The number of nitrogens with zero attached hydrogens (tertiary/aromatic N) is 3. The van der Waals surface area contributed by atoms with Crippen LogP contribution in [0.3, 0.4) is 0 Å². The highest BCUT2D eigenvalue weighted by atomic mass is 79.9. The van der Waals surface area contributed by atoms with Crippen LogP contribution in [0.4, 0.5) is 0 Å². The molecule has 0 unspecified atom stereocenters. The first kappa shape index (κ1) is 14.6. The van der Waals surface area contributed by atoms with Crippen molar-refractivity contribution in [1.82, 2.24) is 14.8 Å². The van der Waals surface area contributed by atoms with Gasteiger partial charge in [0.25, 0.3) is 0 Å². The maximum Gasteiger partial charge on any atom is 0.168 e. The lowest BCUT2D eigenvalue weighted by Crippen LogP contribution is -2.00. The van der Waals surface area contributed by atoms with E-state index in [-0.39, 0.29) is 0 Å². The Morgan fingerprint density at radius 1 is 0.952 bits per heavy atom. The zero-order chi connectivity index (χ0) is 15.0. The third-order valence-electron chi connectivity index (χ3n) is 3.09. The van der Waals surface area contributed by atoms with Crippen LogP contribution < -0.4 is 0 Å². The second kappa shape index (κ2) is 5.79. The predicted octanol–water partition coefficient (Wildman–Crippen LogP) is 5.31. The monoisotopic (exact) mass is 381 g/mol. The van der Waals surface area contributed by atoms with Gasteiger partial charge in [-0.3, -0.25) is 4.57 Å². The summed E-state index contributed by atoms with van der Waals surface area (Å²) < 4.78 is 2.97. The lowest BCUT2D eigenvalue weighted by atomic mass is 10.2. The van der Waals surface area contributed by atoms with Crippen LogP contribution in [-0.2, 0) is 0 Å². The summed E-state index contributed by atoms with van der Waals surface area (Å²) in [5, 5.41) is 9.46. The number of halogens is 3. The summed E-state index contributed by atoms with van der Waals surface area (Å²) in [5.41, 5.74) is 1.86. The smallest absolute Gasteiger partial charge is 0.168 e. The zero-order valence-electron chi connectivity index (χ0n) is 11.0. The summed E-state index contributed by atoms with van der Waals surface area (Å²) in [6.07, 6.45) is 0. The number of hydrogen-bond acceptors (Lipinski definition) is 2. The number of aryl methyl sites for hydroxylation is 1. The molecule has 0 radical (unpaired) electrons. The maximum absolute atomic E-state index is 6.11. The molecule has 3 nitrogen and oxygen atoms in total. The third kappa shape index (κ3) is 2.84. The quantitative estimate of drug-likeness (QED) is 0.601. The van der Waals surface area contributed by atoms with Gasteiger partial charge in [0.15, 0.2) is 5.82 Å². The van der Waals surface area contributed by atoms with Crippen molar-refractivity contribution in [3.05, 3.63) is 62.8 Å². The third-order valence-corrected chi connectivity index (χ3v) is 4.36. The Morgan fingerprint density at radius 2 is 1.67 bits per heavy atom. The van der Waals surface area contributed by atoms with Crippen molar-refractivity contribution >= 4 is 39.1 Å². The van der Waals surface area contributed by atoms with Crippen LogP contribution >= 0.6 is 39.1 Å². The summed E-state index contributed by atoms with van der Waals surface area (Å²) in [6.45, 7) is 1.90. The van der Waals surface area contributed by atoms with Gasteiger partial charge in [-0.15, -0.1) is 10.2 Å². The highest BCUT2D eigenvalue weighted by molar-refractivity contribution is 9.10. The van der Waals surface area contributed by atoms with Gasteiger partial charge in [-0.05, 0) is 37.3 Å². The molecule has 0 atom stereocenters. The molecular formula is C15H10BrCl2N3. The Bertz CT molecular complexity index is 797. The van der Waals surface area contributed by atoms with Gasteiger partial charge in [-0.2, -0.15) is 0 Å². The summed E-state index contributed by atoms with van der Waals surface area (Å²) in [4.78, 5) is 0. The minimum atomic E-state index is 0.504. The first-order valence-corrected chi connectivity index (χ1v) is 7.74. The molecule has 0 aliphatic carbocycles. The van der Waals surface area contributed by atoms with Crippen molar-refractivity contribution in [3.8, 4) is 17.1 Å². The first-order valence-electron chi connectivity index (χ1n) is 6.19. The van der Waals surface area contributed by atoms with Crippen LogP contribution in [0.1, 0.15) is 5.82 Å². The molecule has 1 aromatic heterocycles. The molecule has 0 spiro atoms. The van der Waals surface area contributed by atoms with E-state index < -0.39 is 0 Å². The molecule has 3 aromatic rings. The summed E-state index contributed by atoms with van der Waals surface area (Å²) >= 11 is 15.5. The fourth-order valence-electron chi connectivity index (χ4n) is 2.08. The van der Waals surface area contributed by atoms with Crippen molar-refractivity contribution in [2.24, 2.45) is 0 Å². The predicted molar refractivity (Wildman–Crippen MR) is 89.3 cm³/mol. The van der Waals surface area contributed by atoms with Crippen LogP contribution in [0.15, 0.2) is 46.9 Å². The van der Waals surface area contributed by atoms with Crippen molar-refractivity contribution in [1.29, 1.82) is 0 Å². The standard InChI is InChI=1S/C15H10BrCl2N3/c1-9-19-20-15(10-2-4-11(16)5-3-10)21(9)12-6-7-13(17)14(18)8-12/h2-8H,1H3. The average Bonchev–Trinajstić information content (AvgIpc) is 2.85. The van der Waals surface area contributed by atoms with Gasteiger partial charge in [-0.1, -0.05) is 51.3 Å². The Labute approximate surface area is 140 Å². The van der Waals surface area contributed by atoms with E-state index in [0.29, 0.717) is 10.0 Å². The molecule has 21 heavy (non-hydrogen) atoms. The number of rotatable bonds is 2. The van der Waals surface area contributed by atoms with Gasteiger partial charge >= 0.3 is 0 Å². The molecule has 3 rings (SSSR count). The van der Waals surface area contributed by atoms with Crippen molar-refractivity contribution < 1.29 is 0 Å². The molecule has 1 heterocycles. The maximum atomic E-state index is 6.11. The second-order valence-electron chi connectivity index (χ2n) is 4.51. The molecule has 0 fully saturated rings. The van der Waals surface area contributed by atoms with E-state index in [0.717, 1.165) is 27.4 Å². The number of benzene rings is 2. The topological polar surface area (TPSA) is 30.7 Å². The molecule has 0 saturated carbocycles. The fourth-order valence-corrected chi connectivity index (χ4v) is 2.64. The number of aromatic nitrogens is 3. The normalized spacial score (nSPS) is 10.9. The minimum Gasteiger partial charge on any atom is -0.279 e. The van der Waals surface area contributed by atoms with E-state index in [1.165, 1.54) is 0 Å². The molecule has 0 bridgehead atoms. The molecule has 6 heteroatoms. The van der Waals surface area contributed by atoms with E-state index in [2.05, 4.69) is 26.1 Å². The Morgan fingerprint density at radius 3 is 2.33 bits per heavy atom. The van der Waals surface area contributed by atoms with E-state index in [4.69, 9.17) is 23.2 Å². The largest absolute Gasteiger partial charge is 0.279 e. The van der Waals surface area contributed by atoms with E-state index >= 15 is 0 Å². The molecule has 0 aliphatic heterocycles. The molecule has 0 saturated heterocycles. The zero-order valence-corrected chi connectivity index (χ0v) is 14.1. The van der Waals surface area contributed by atoms with E-state index in [9.17, 15) is 0 Å². The van der Waals surface area contributed by atoms with Gasteiger partial charge in [0.05, 0.1) is 15.7 Å². The van der Waals surface area contributed by atoms with Crippen LogP contribution in [0, 0.1) is 6.92 Å². The highest BCUT2D eigenvalue weighted by Gasteiger charge is 2.13. The summed E-state index contributed by atoms with van der Waals surface area (Å²) in [7, 11) is 0. The Balaban J connectivity index is 2.16. The van der Waals surface area contributed by atoms with Gasteiger partial charge in [0.2, 0.25) is 0 Å². The summed E-state index contributed by atoms with van der Waals surface area (Å²) in [6, 6.07) is 13.4. The molecule has 0 amide bonds. The lowest BCUT2D eigenvalue weighted by Gasteiger charge is -2.10. The second-order valence-corrected chi connectivity index (χ2v) is 6.24. The van der Waals surface area contributed by atoms with Crippen molar-refractivity contribution in [2.75, 3.05) is 0 Å². The Hall–Kier alpha value is -1.36. The van der Waals surface area contributed by atoms with Crippen LogP contribution in [-0.4, -0.2) is 14.8 Å². The van der Waals surface area contributed by atoms with Gasteiger partial charge in [0.1, 0.15) is 5.82 Å². The lowest BCUT2D eigenvalue weighted by molar-refractivity contribution is 0.972. The summed E-state index contributed by atoms with van der Waals surface area (Å²) in [5.74, 6) is 1.55. The van der Waals surface area contributed by atoms with Crippen molar-refractivity contribution in [3.63, 3.8) is 0 Å². The molecule has 2 aromatic carbocycles. The van der Waals surface area contributed by atoms with Gasteiger partial charge in [-0.25, -0.2) is 0 Å². The molecule has 0 N–H and O–H groups in total.